The van der Waals surface area contributed by atoms with Gasteiger partial charge in [-0.2, -0.15) is 13.2 Å². The Morgan fingerprint density at radius 3 is 2.67 bits per heavy atom. The van der Waals surface area contributed by atoms with Crippen LogP contribution >= 0.6 is 11.3 Å². The van der Waals surface area contributed by atoms with Crippen molar-refractivity contribution in [3.63, 3.8) is 0 Å². The zero-order chi connectivity index (χ0) is 13.5. The lowest BCUT2D eigenvalue weighted by Gasteiger charge is -2.16. The number of methoxy groups -OCH3 is 1. The second-order valence-corrected chi connectivity index (χ2v) is 4.53. The largest absolute Gasteiger partial charge is 0.465 e. The summed E-state index contributed by atoms with van der Waals surface area (Å²) in [4.78, 5) is 22.6. The maximum Gasteiger partial charge on any atom is 0.417 e. The zero-order valence-corrected chi connectivity index (χ0v) is 9.95. The van der Waals surface area contributed by atoms with Gasteiger partial charge < -0.3 is 4.74 Å². The first-order valence-electron chi connectivity index (χ1n) is 4.85. The molecule has 0 bridgehead atoms. The van der Waals surface area contributed by atoms with Gasteiger partial charge in [-0.25, -0.2) is 4.79 Å². The summed E-state index contributed by atoms with van der Waals surface area (Å²) in [5.41, 5.74) is -0.860. The Kier molecular flexibility index (Phi) is 3.02. The Balaban J connectivity index is 2.57. The molecule has 1 aromatic heterocycles. The third-order valence-electron chi connectivity index (χ3n) is 2.51. The Morgan fingerprint density at radius 1 is 1.44 bits per heavy atom. The normalized spacial score (nSPS) is 15.1. The van der Waals surface area contributed by atoms with E-state index in [-0.39, 0.29) is 22.4 Å². The minimum absolute atomic E-state index is 0.0284. The molecule has 0 aromatic carbocycles. The van der Waals surface area contributed by atoms with E-state index in [9.17, 15) is 22.8 Å². The van der Waals surface area contributed by atoms with Crippen LogP contribution in [-0.2, 0) is 16.0 Å². The lowest BCUT2D eigenvalue weighted by atomic mass is 9.94. The molecule has 0 aliphatic heterocycles. The van der Waals surface area contributed by atoms with E-state index in [1.165, 1.54) is 5.38 Å². The van der Waals surface area contributed by atoms with Crippen LogP contribution in [0, 0.1) is 0 Å². The topological polar surface area (TPSA) is 43.4 Å². The Labute approximate surface area is 104 Å². The van der Waals surface area contributed by atoms with E-state index in [1.807, 2.05) is 0 Å². The number of allylic oxidation sites excluding steroid dienone is 2. The van der Waals surface area contributed by atoms with Crippen LogP contribution in [-0.4, -0.2) is 25.0 Å². The van der Waals surface area contributed by atoms with Gasteiger partial charge >= 0.3 is 12.1 Å². The van der Waals surface area contributed by atoms with Gasteiger partial charge in [0.1, 0.15) is 0 Å². The van der Waals surface area contributed by atoms with Crippen molar-refractivity contribution >= 4 is 28.7 Å². The average Bonchev–Trinajstić information content (AvgIpc) is 2.69. The Bertz CT molecular complexity index is 554. The van der Waals surface area contributed by atoms with E-state index in [0.717, 1.165) is 18.4 Å². The van der Waals surface area contributed by atoms with Gasteiger partial charge in [-0.1, -0.05) is 0 Å². The monoisotopic (exact) mass is 276 g/mol. The molecule has 0 radical (unpaired) electrons. The number of fused-ring (bicyclic) bond motifs is 1. The van der Waals surface area contributed by atoms with Gasteiger partial charge in [0.25, 0.3) is 0 Å². The van der Waals surface area contributed by atoms with Crippen LogP contribution in [0.2, 0.25) is 0 Å². The highest BCUT2D eigenvalue weighted by atomic mass is 32.1. The summed E-state index contributed by atoms with van der Waals surface area (Å²) < 4.78 is 42.7. The molecule has 0 saturated heterocycles. The van der Waals surface area contributed by atoms with Gasteiger partial charge in [0.05, 0.1) is 18.2 Å². The summed E-state index contributed by atoms with van der Waals surface area (Å²) in [5.74, 6) is -1.40. The third kappa shape index (κ3) is 2.05. The van der Waals surface area contributed by atoms with Crippen LogP contribution in [0.1, 0.15) is 20.8 Å². The predicted octanol–water partition coefficient (Wildman–Crippen LogP) is 2.61. The summed E-state index contributed by atoms with van der Waals surface area (Å²) in [6.45, 7) is 0. The first-order chi connectivity index (χ1) is 8.34. The van der Waals surface area contributed by atoms with Crippen LogP contribution in [0.25, 0.3) is 5.57 Å². The summed E-state index contributed by atoms with van der Waals surface area (Å²) in [5, 5.41) is 1.29. The van der Waals surface area contributed by atoms with Crippen molar-refractivity contribution in [1.29, 1.82) is 0 Å². The number of thiophene rings is 1. The Morgan fingerprint density at radius 2 is 2.11 bits per heavy atom. The third-order valence-corrected chi connectivity index (χ3v) is 3.56. The van der Waals surface area contributed by atoms with Crippen LogP contribution in [0.15, 0.2) is 11.5 Å². The molecule has 1 heterocycles. The zero-order valence-electron chi connectivity index (χ0n) is 9.13. The van der Waals surface area contributed by atoms with Gasteiger partial charge in [-0.15, -0.1) is 11.3 Å². The highest BCUT2D eigenvalue weighted by Crippen LogP contribution is 2.42. The average molecular weight is 276 g/mol. The van der Waals surface area contributed by atoms with Crippen LogP contribution < -0.4 is 0 Å². The van der Waals surface area contributed by atoms with Gasteiger partial charge in [0, 0.05) is 16.7 Å². The quantitative estimate of drug-likeness (QED) is 0.740. The van der Waals surface area contributed by atoms with Crippen LogP contribution in [0.5, 0.6) is 0 Å². The molecule has 7 heteroatoms. The van der Waals surface area contributed by atoms with E-state index in [2.05, 4.69) is 4.74 Å². The summed E-state index contributed by atoms with van der Waals surface area (Å²) in [6.07, 6.45) is -4.23. The van der Waals surface area contributed by atoms with Crippen molar-refractivity contribution in [2.24, 2.45) is 0 Å². The van der Waals surface area contributed by atoms with E-state index in [0.29, 0.717) is 6.08 Å². The number of hydrogen-bond acceptors (Lipinski definition) is 4. The molecule has 0 fully saturated rings. The number of ketones is 1. The second-order valence-electron chi connectivity index (χ2n) is 3.65. The standard InChI is InChI=1S/C11H7F3O3S/c1-17-10(16)7-4-18-9-6(7)2-5(15)3-8(9)11(12,13)14/h3-4H,2H2,1H3. The molecule has 0 N–H and O–H groups in total. The fraction of sp³-hybridized carbons (Fsp3) is 0.273. The van der Waals surface area contributed by atoms with E-state index in [4.69, 9.17) is 0 Å². The number of carbonyl (C=O) groups excluding carboxylic acids is 2. The lowest BCUT2D eigenvalue weighted by molar-refractivity contribution is -0.114. The van der Waals surface area contributed by atoms with Crippen molar-refractivity contribution in [3.8, 4) is 0 Å². The van der Waals surface area contributed by atoms with Crippen molar-refractivity contribution in [3.05, 3.63) is 27.5 Å². The smallest absolute Gasteiger partial charge is 0.417 e. The van der Waals surface area contributed by atoms with E-state index >= 15 is 0 Å². The van der Waals surface area contributed by atoms with E-state index in [1.54, 1.807) is 0 Å². The summed E-state index contributed by atoms with van der Waals surface area (Å²) in [6, 6.07) is 0. The molecule has 96 valence electrons. The molecule has 0 atom stereocenters. The second kappa shape index (κ2) is 4.24. The number of hydrogen-bond donors (Lipinski definition) is 0. The lowest BCUT2D eigenvalue weighted by Crippen LogP contribution is -2.19. The highest BCUT2D eigenvalue weighted by Gasteiger charge is 2.40. The number of carbonyl (C=O) groups is 2. The van der Waals surface area contributed by atoms with Gasteiger partial charge in [-0.05, 0) is 11.6 Å². The van der Waals surface area contributed by atoms with Crippen molar-refractivity contribution < 1.29 is 27.5 Å². The molecule has 0 spiro atoms. The molecule has 18 heavy (non-hydrogen) atoms. The number of ether oxygens (including phenoxy) is 1. The maximum atomic E-state index is 12.8. The predicted molar refractivity (Wildman–Crippen MR) is 58.4 cm³/mol. The summed E-state index contributed by atoms with van der Waals surface area (Å²) >= 11 is 0.791. The fourth-order valence-corrected chi connectivity index (χ4v) is 2.83. The highest BCUT2D eigenvalue weighted by molar-refractivity contribution is 7.11. The van der Waals surface area contributed by atoms with Crippen LogP contribution in [0.3, 0.4) is 0 Å². The SMILES string of the molecule is COC(=O)c1csc2c1CC(=O)C=C2C(F)(F)F. The minimum atomic E-state index is -4.61. The first-order valence-corrected chi connectivity index (χ1v) is 5.73. The minimum Gasteiger partial charge on any atom is -0.465 e. The molecule has 3 nitrogen and oxygen atoms in total. The number of esters is 1. The van der Waals surface area contributed by atoms with Crippen molar-refractivity contribution in [2.45, 2.75) is 12.6 Å². The number of halogens is 3. The van der Waals surface area contributed by atoms with E-state index < -0.39 is 23.5 Å². The molecule has 1 aliphatic carbocycles. The van der Waals surface area contributed by atoms with Crippen LogP contribution in [0.4, 0.5) is 13.2 Å². The molecule has 1 aliphatic rings. The molecule has 0 amide bonds. The van der Waals surface area contributed by atoms with Gasteiger partial charge in [-0.3, -0.25) is 4.79 Å². The fourth-order valence-electron chi connectivity index (χ4n) is 1.73. The first kappa shape index (κ1) is 12.8. The Hall–Kier alpha value is -1.63. The van der Waals surface area contributed by atoms with Crippen molar-refractivity contribution in [2.75, 3.05) is 7.11 Å². The molecule has 0 unspecified atom stereocenters. The summed E-state index contributed by atoms with van der Waals surface area (Å²) in [7, 11) is 1.14. The van der Waals surface area contributed by atoms with Crippen molar-refractivity contribution in [1.82, 2.24) is 0 Å². The molecular formula is C11H7F3O3S. The number of alkyl halides is 3. The van der Waals surface area contributed by atoms with Gasteiger partial charge in [0.2, 0.25) is 0 Å². The molecular weight excluding hydrogens is 269 g/mol. The maximum absolute atomic E-state index is 12.8. The number of rotatable bonds is 1. The van der Waals surface area contributed by atoms with Gasteiger partial charge in [0.15, 0.2) is 5.78 Å². The molecule has 2 rings (SSSR count). The molecule has 1 aromatic rings. The molecule has 0 saturated carbocycles.